The van der Waals surface area contributed by atoms with E-state index in [9.17, 15) is 8.42 Å². The van der Waals surface area contributed by atoms with Gasteiger partial charge in [-0.3, -0.25) is 4.72 Å². The van der Waals surface area contributed by atoms with Crippen LogP contribution in [0.25, 0.3) is 0 Å². The minimum atomic E-state index is -3.31. The summed E-state index contributed by atoms with van der Waals surface area (Å²) in [5.74, 6) is 0. The molecule has 1 aromatic rings. The molecule has 1 aliphatic rings. The molecule has 0 saturated carbocycles. The van der Waals surface area contributed by atoms with Gasteiger partial charge in [-0.25, -0.2) is 8.42 Å². The molecule has 2 unspecified atom stereocenters. The van der Waals surface area contributed by atoms with Crippen LogP contribution in [0.5, 0.6) is 0 Å². The Morgan fingerprint density at radius 1 is 1.48 bits per heavy atom. The first kappa shape index (κ1) is 16.4. The molecular formula is C14H22ClN3O2S. The Morgan fingerprint density at radius 3 is 2.81 bits per heavy atom. The molecule has 0 aromatic heterocycles. The van der Waals surface area contributed by atoms with Crippen molar-refractivity contribution in [2.75, 3.05) is 22.8 Å². The summed E-state index contributed by atoms with van der Waals surface area (Å²) in [4.78, 5) is 0. The number of hydrogen-bond donors (Lipinski definition) is 3. The highest BCUT2D eigenvalue weighted by Crippen LogP contribution is 2.27. The second-order valence-corrected chi connectivity index (χ2v) is 7.80. The molecule has 1 fully saturated rings. The van der Waals surface area contributed by atoms with Crippen molar-refractivity contribution in [3.05, 3.63) is 23.2 Å². The predicted octanol–water partition coefficient (Wildman–Crippen LogP) is 2.65. The summed E-state index contributed by atoms with van der Waals surface area (Å²) < 4.78 is 24.8. The third kappa shape index (κ3) is 5.37. The minimum Gasteiger partial charge on any atom is -0.382 e. The zero-order valence-electron chi connectivity index (χ0n) is 12.3. The fraction of sp³-hybridized carbons (Fsp3) is 0.571. The zero-order valence-corrected chi connectivity index (χ0v) is 13.9. The summed E-state index contributed by atoms with van der Waals surface area (Å²) in [6, 6.07) is 6.15. The molecule has 2 rings (SSSR count). The first-order valence-electron chi connectivity index (χ1n) is 7.11. The molecule has 118 valence electrons. The van der Waals surface area contributed by atoms with Crippen LogP contribution in [-0.2, 0) is 10.0 Å². The predicted molar refractivity (Wildman–Crippen MR) is 88.6 cm³/mol. The van der Waals surface area contributed by atoms with Crippen molar-refractivity contribution in [3.63, 3.8) is 0 Å². The van der Waals surface area contributed by atoms with Crippen molar-refractivity contribution in [1.29, 1.82) is 0 Å². The average molecular weight is 332 g/mol. The Hall–Kier alpha value is -0.980. The third-order valence-corrected chi connectivity index (χ3v) is 4.38. The zero-order chi connectivity index (χ0) is 15.5. The second kappa shape index (κ2) is 6.85. The van der Waals surface area contributed by atoms with Crippen molar-refractivity contribution in [1.82, 2.24) is 5.32 Å². The standard InChI is InChI=1S/C14H22ClN3O2S/c1-10(8-11-4-3-7-16-11)17-12-5-6-14(13(15)9-12)18-21(2,19)20/h5-6,9-11,16-18H,3-4,7-8H2,1-2H3. The van der Waals surface area contributed by atoms with Crippen LogP contribution in [-0.4, -0.2) is 33.3 Å². The van der Waals surface area contributed by atoms with E-state index < -0.39 is 10.0 Å². The van der Waals surface area contributed by atoms with Crippen LogP contribution in [0.2, 0.25) is 5.02 Å². The lowest BCUT2D eigenvalue weighted by molar-refractivity contribution is 0.523. The van der Waals surface area contributed by atoms with Gasteiger partial charge >= 0.3 is 0 Å². The molecule has 1 heterocycles. The molecule has 0 aliphatic carbocycles. The Morgan fingerprint density at radius 2 is 2.24 bits per heavy atom. The molecule has 0 bridgehead atoms. The van der Waals surface area contributed by atoms with Gasteiger partial charge in [-0.2, -0.15) is 0 Å². The molecule has 0 amide bonds. The number of halogens is 1. The van der Waals surface area contributed by atoms with E-state index in [2.05, 4.69) is 22.3 Å². The van der Waals surface area contributed by atoms with Gasteiger partial charge in [0.2, 0.25) is 10.0 Å². The van der Waals surface area contributed by atoms with Gasteiger partial charge in [-0.15, -0.1) is 0 Å². The molecule has 1 aliphatic heterocycles. The molecule has 1 aromatic carbocycles. The number of anilines is 2. The van der Waals surface area contributed by atoms with Crippen LogP contribution in [0.4, 0.5) is 11.4 Å². The van der Waals surface area contributed by atoms with Crippen molar-refractivity contribution in [3.8, 4) is 0 Å². The molecular weight excluding hydrogens is 310 g/mol. The van der Waals surface area contributed by atoms with Gasteiger partial charge < -0.3 is 10.6 Å². The van der Waals surface area contributed by atoms with Crippen LogP contribution in [0, 0.1) is 0 Å². The third-order valence-electron chi connectivity index (χ3n) is 3.48. The maximum Gasteiger partial charge on any atom is 0.229 e. The van der Waals surface area contributed by atoms with E-state index in [0.717, 1.165) is 24.9 Å². The molecule has 21 heavy (non-hydrogen) atoms. The highest BCUT2D eigenvalue weighted by Gasteiger charge is 2.17. The van der Waals surface area contributed by atoms with Crippen molar-refractivity contribution < 1.29 is 8.42 Å². The smallest absolute Gasteiger partial charge is 0.229 e. The fourth-order valence-corrected chi connectivity index (χ4v) is 3.48. The topological polar surface area (TPSA) is 70.2 Å². The molecule has 5 nitrogen and oxygen atoms in total. The lowest BCUT2D eigenvalue weighted by Gasteiger charge is -2.20. The largest absolute Gasteiger partial charge is 0.382 e. The number of benzene rings is 1. The first-order chi connectivity index (χ1) is 9.83. The Balaban J connectivity index is 1.96. The maximum atomic E-state index is 11.2. The Labute approximate surface area is 131 Å². The van der Waals surface area contributed by atoms with Gasteiger partial charge in [0.15, 0.2) is 0 Å². The van der Waals surface area contributed by atoms with Crippen LogP contribution in [0.1, 0.15) is 26.2 Å². The molecule has 2 atom stereocenters. The second-order valence-electron chi connectivity index (χ2n) is 5.64. The number of hydrogen-bond acceptors (Lipinski definition) is 4. The van der Waals surface area contributed by atoms with Gasteiger partial charge in [0.1, 0.15) is 0 Å². The van der Waals surface area contributed by atoms with Crippen LogP contribution >= 0.6 is 11.6 Å². The van der Waals surface area contributed by atoms with E-state index in [-0.39, 0.29) is 0 Å². The van der Waals surface area contributed by atoms with E-state index in [1.165, 1.54) is 12.8 Å². The van der Waals surface area contributed by atoms with E-state index >= 15 is 0 Å². The summed E-state index contributed by atoms with van der Waals surface area (Å²) in [6.07, 6.45) is 4.63. The molecule has 7 heteroatoms. The highest BCUT2D eigenvalue weighted by atomic mass is 35.5. The molecule has 3 N–H and O–H groups in total. The summed E-state index contributed by atoms with van der Waals surface area (Å²) in [6.45, 7) is 3.24. The van der Waals surface area contributed by atoms with Gasteiger partial charge in [-0.05, 0) is 50.9 Å². The minimum absolute atomic E-state index is 0.324. The van der Waals surface area contributed by atoms with Crippen molar-refractivity contribution >= 4 is 33.0 Å². The number of sulfonamides is 1. The van der Waals surface area contributed by atoms with E-state index in [4.69, 9.17) is 11.6 Å². The summed E-state index contributed by atoms with van der Waals surface area (Å²) in [5, 5.41) is 7.26. The van der Waals surface area contributed by atoms with Crippen LogP contribution in [0.15, 0.2) is 18.2 Å². The van der Waals surface area contributed by atoms with Gasteiger partial charge in [0.05, 0.1) is 17.0 Å². The molecule has 1 saturated heterocycles. The van der Waals surface area contributed by atoms with Crippen LogP contribution in [0.3, 0.4) is 0 Å². The summed E-state index contributed by atoms with van der Waals surface area (Å²) in [7, 11) is -3.31. The Bertz CT molecular complexity index is 586. The summed E-state index contributed by atoms with van der Waals surface area (Å²) in [5.41, 5.74) is 1.29. The SMILES string of the molecule is CC(CC1CCCN1)Nc1ccc(NS(C)(=O)=O)c(Cl)c1. The molecule has 0 radical (unpaired) electrons. The maximum absolute atomic E-state index is 11.2. The van der Waals surface area contributed by atoms with E-state index in [1.54, 1.807) is 12.1 Å². The monoisotopic (exact) mass is 331 g/mol. The number of nitrogens with one attached hydrogen (secondary N) is 3. The van der Waals surface area contributed by atoms with E-state index in [0.29, 0.717) is 22.8 Å². The van der Waals surface area contributed by atoms with Crippen LogP contribution < -0.4 is 15.4 Å². The van der Waals surface area contributed by atoms with Crippen molar-refractivity contribution in [2.45, 2.75) is 38.3 Å². The molecule has 0 spiro atoms. The van der Waals surface area contributed by atoms with Gasteiger partial charge in [-0.1, -0.05) is 11.6 Å². The Kier molecular flexibility index (Phi) is 5.35. The summed E-state index contributed by atoms with van der Waals surface area (Å²) >= 11 is 6.11. The fourth-order valence-electron chi connectivity index (χ4n) is 2.62. The lowest BCUT2D eigenvalue weighted by atomic mass is 10.1. The van der Waals surface area contributed by atoms with Crippen molar-refractivity contribution in [2.24, 2.45) is 0 Å². The normalized spacial score (nSPS) is 20.2. The van der Waals surface area contributed by atoms with Gasteiger partial charge in [0.25, 0.3) is 0 Å². The highest BCUT2D eigenvalue weighted by molar-refractivity contribution is 7.92. The average Bonchev–Trinajstić information content (AvgIpc) is 2.84. The first-order valence-corrected chi connectivity index (χ1v) is 9.38. The van der Waals surface area contributed by atoms with Gasteiger partial charge in [0, 0.05) is 17.8 Å². The lowest BCUT2D eigenvalue weighted by Crippen LogP contribution is -2.29. The van der Waals surface area contributed by atoms with E-state index in [1.807, 2.05) is 6.07 Å². The quantitative estimate of drug-likeness (QED) is 0.749. The number of rotatable bonds is 6.